The first-order valence-corrected chi connectivity index (χ1v) is 9.45. The lowest BCUT2D eigenvalue weighted by Crippen LogP contribution is -2.40. The molecule has 0 bridgehead atoms. The summed E-state index contributed by atoms with van der Waals surface area (Å²) in [6.45, 7) is 23.6. The predicted octanol–water partition coefficient (Wildman–Crippen LogP) is 5.35. The van der Waals surface area contributed by atoms with Gasteiger partial charge in [-0.25, -0.2) is 0 Å². The molecule has 0 heterocycles. The summed E-state index contributed by atoms with van der Waals surface area (Å²) in [6.07, 6.45) is 2.55. The molecule has 4 heteroatoms. The molecule has 0 aromatic heterocycles. The van der Waals surface area contributed by atoms with Crippen LogP contribution in [-0.2, 0) is 19.1 Å². The Hall–Kier alpha value is -1.16. The fraction of sp³-hybridized carbons (Fsp3) is 0.818. The third kappa shape index (κ3) is 8.98. The third-order valence-corrected chi connectivity index (χ3v) is 4.47. The lowest BCUT2D eigenvalue weighted by atomic mass is 9.72. The molecule has 0 spiro atoms. The zero-order chi connectivity index (χ0) is 21.0. The van der Waals surface area contributed by atoms with E-state index >= 15 is 0 Å². The smallest absolute Gasteiger partial charge is 0.310 e. The topological polar surface area (TPSA) is 52.6 Å². The molecule has 0 rings (SSSR count). The molecule has 0 aromatic carbocycles. The van der Waals surface area contributed by atoms with Crippen molar-refractivity contribution in [1.82, 2.24) is 0 Å². The van der Waals surface area contributed by atoms with E-state index in [9.17, 15) is 9.59 Å². The molecule has 1 unspecified atom stereocenters. The van der Waals surface area contributed by atoms with E-state index in [-0.39, 0.29) is 28.5 Å². The van der Waals surface area contributed by atoms with Crippen molar-refractivity contribution in [2.75, 3.05) is 6.61 Å². The fourth-order valence-electron chi connectivity index (χ4n) is 2.62. The number of carbonyl (C=O) groups is 2. The van der Waals surface area contributed by atoms with Crippen molar-refractivity contribution in [3.05, 3.63) is 12.7 Å². The van der Waals surface area contributed by atoms with E-state index < -0.39 is 11.2 Å². The van der Waals surface area contributed by atoms with Crippen LogP contribution in [0.4, 0.5) is 0 Å². The second-order valence-electron chi connectivity index (χ2n) is 10.5. The van der Waals surface area contributed by atoms with E-state index in [1.807, 2.05) is 13.8 Å². The maximum atomic E-state index is 12.9. The van der Waals surface area contributed by atoms with Crippen molar-refractivity contribution in [1.29, 1.82) is 0 Å². The van der Waals surface area contributed by atoms with Crippen LogP contribution in [0.2, 0.25) is 0 Å². The van der Waals surface area contributed by atoms with Crippen molar-refractivity contribution in [2.24, 2.45) is 16.7 Å². The Morgan fingerprint density at radius 1 is 0.962 bits per heavy atom. The number of esters is 1. The van der Waals surface area contributed by atoms with Gasteiger partial charge in [-0.1, -0.05) is 48.1 Å². The number of carbonyl (C=O) groups excluding carboxylic acids is 2. The van der Waals surface area contributed by atoms with Crippen molar-refractivity contribution < 1.29 is 19.1 Å². The average molecular weight is 369 g/mol. The van der Waals surface area contributed by atoms with Crippen molar-refractivity contribution >= 4 is 11.8 Å². The van der Waals surface area contributed by atoms with E-state index in [2.05, 4.69) is 48.1 Å². The number of ketones is 1. The molecule has 26 heavy (non-hydrogen) atoms. The highest BCUT2D eigenvalue weighted by molar-refractivity contribution is 5.95. The first kappa shape index (κ1) is 24.8. The monoisotopic (exact) mass is 368 g/mol. The van der Waals surface area contributed by atoms with Crippen LogP contribution in [0.1, 0.15) is 82.1 Å². The van der Waals surface area contributed by atoms with Crippen molar-refractivity contribution in [3.8, 4) is 0 Å². The van der Waals surface area contributed by atoms with Crippen LogP contribution >= 0.6 is 0 Å². The Morgan fingerprint density at radius 3 is 1.85 bits per heavy atom. The molecule has 4 nitrogen and oxygen atoms in total. The molecular formula is C22H40O4. The molecule has 0 saturated heterocycles. The van der Waals surface area contributed by atoms with Gasteiger partial charge in [0.25, 0.3) is 0 Å². The molecular weight excluding hydrogens is 328 g/mol. The van der Waals surface area contributed by atoms with Gasteiger partial charge in [0.15, 0.2) is 5.78 Å². The van der Waals surface area contributed by atoms with Crippen LogP contribution in [0.5, 0.6) is 0 Å². The predicted molar refractivity (Wildman–Crippen MR) is 107 cm³/mol. The summed E-state index contributed by atoms with van der Waals surface area (Å²) in [6, 6.07) is 0. The Balaban J connectivity index is 4.92. The molecule has 152 valence electrons. The Bertz CT molecular complexity index is 501. The Kier molecular flexibility index (Phi) is 8.30. The van der Waals surface area contributed by atoms with E-state index in [0.29, 0.717) is 13.0 Å². The highest BCUT2D eigenvalue weighted by atomic mass is 16.6. The minimum Gasteiger partial charge on any atom is -0.459 e. The van der Waals surface area contributed by atoms with Crippen molar-refractivity contribution in [3.63, 3.8) is 0 Å². The number of hydrogen-bond donors (Lipinski definition) is 0. The zero-order valence-electron chi connectivity index (χ0n) is 18.6. The quantitative estimate of drug-likeness (QED) is 0.407. The van der Waals surface area contributed by atoms with Gasteiger partial charge in [0, 0.05) is 6.42 Å². The van der Waals surface area contributed by atoms with E-state index in [1.165, 1.54) is 6.08 Å². The number of rotatable bonds is 9. The molecule has 0 aliphatic heterocycles. The summed E-state index contributed by atoms with van der Waals surface area (Å²) < 4.78 is 11.5. The van der Waals surface area contributed by atoms with Crippen LogP contribution in [0.3, 0.4) is 0 Å². The summed E-state index contributed by atoms with van der Waals surface area (Å²) in [5, 5.41) is 0. The minimum absolute atomic E-state index is 0.0410. The molecule has 0 N–H and O–H groups in total. The third-order valence-electron chi connectivity index (χ3n) is 4.47. The van der Waals surface area contributed by atoms with Gasteiger partial charge in [-0.3, -0.25) is 9.59 Å². The van der Waals surface area contributed by atoms with E-state index in [1.54, 1.807) is 13.8 Å². The minimum atomic E-state index is -0.915. The summed E-state index contributed by atoms with van der Waals surface area (Å²) >= 11 is 0. The summed E-state index contributed by atoms with van der Waals surface area (Å²) in [5.74, 6) is -0.509. The van der Waals surface area contributed by atoms with Gasteiger partial charge in [-0.15, -0.1) is 0 Å². The first-order valence-electron chi connectivity index (χ1n) is 9.45. The van der Waals surface area contributed by atoms with Gasteiger partial charge >= 0.3 is 5.97 Å². The largest absolute Gasteiger partial charge is 0.459 e. The molecule has 0 aromatic rings. The highest BCUT2D eigenvalue weighted by Gasteiger charge is 2.38. The van der Waals surface area contributed by atoms with Gasteiger partial charge in [0.2, 0.25) is 0 Å². The van der Waals surface area contributed by atoms with Gasteiger partial charge in [-0.2, -0.15) is 0 Å². The first-order chi connectivity index (χ1) is 11.4. The zero-order valence-corrected chi connectivity index (χ0v) is 18.6. The summed E-state index contributed by atoms with van der Waals surface area (Å²) in [7, 11) is 0. The van der Waals surface area contributed by atoms with Gasteiger partial charge in [-0.05, 0) is 51.0 Å². The summed E-state index contributed by atoms with van der Waals surface area (Å²) in [5.41, 5.74) is -1.71. The Labute approximate surface area is 160 Å². The normalized spacial score (nSPS) is 14.7. The Morgan fingerprint density at radius 2 is 1.46 bits per heavy atom. The lowest BCUT2D eigenvalue weighted by molar-refractivity contribution is -0.170. The molecule has 0 aliphatic rings. The van der Waals surface area contributed by atoms with E-state index in [0.717, 1.165) is 6.42 Å². The van der Waals surface area contributed by atoms with Crippen LogP contribution in [0.15, 0.2) is 12.7 Å². The molecule has 1 atom stereocenters. The van der Waals surface area contributed by atoms with Gasteiger partial charge in [0.05, 0.1) is 12.5 Å². The van der Waals surface area contributed by atoms with Gasteiger partial charge in [0.1, 0.15) is 11.2 Å². The molecule has 0 radical (unpaired) electrons. The van der Waals surface area contributed by atoms with Crippen LogP contribution < -0.4 is 0 Å². The molecule has 0 fully saturated rings. The standard InChI is InChI=1S/C22H40O4/c1-12-17(23)22(10,11)25-14-13-21(8,9)26-18(24)16(20(5,6)7)15-19(2,3)4/h12,16H,1,13-15H2,2-11H3. The average Bonchev–Trinajstić information content (AvgIpc) is 2.40. The molecule has 0 saturated carbocycles. The van der Waals surface area contributed by atoms with E-state index in [4.69, 9.17) is 9.47 Å². The van der Waals surface area contributed by atoms with Crippen molar-refractivity contribution in [2.45, 2.75) is 93.3 Å². The van der Waals surface area contributed by atoms with Crippen LogP contribution in [-0.4, -0.2) is 29.6 Å². The number of ether oxygens (including phenoxy) is 2. The second-order valence-corrected chi connectivity index (χ2v) is 10.5. The second kappa shape index (κ2) is 8.69. The molecule has 0 aliphatic carbocycles. The highest BCUT2D eigenvalue weighted by Crippen LogP contribution is 2.37. The maximum Gasteiger partial charge on any atom is 0.310 e. The summed E-state index contributed by atoms with van der Waals surface area (Å²) in [4.78, 5) is 24.6. The van der Waals surface area contributed by atoms with Crippen LogP contribution in [0.25, 0.3) is 0 Å². The number of hydrogen-bond acceptors (Lipinski definition) is 4. The SMILES string of the molecule is C=CC(=O)C(C)(C)OCCC(C)(C)OC(=O)C(CC(C)(C)C)C(C)(C)C. The lowest BCUT2D eigenvalue weighted by Gasteiger charge is -2.36. The van der Waals surface area contributed by atoms with Crippen LogP contribution in [0, 0.1) is 16.7 Å². The van der Waals surface area contributed by atoms with Gasteiger partial charge < -0.3 is 9.47 Å². The molecule has 0 amide bonds. The fourth-order valence-corrected chi connectivity index (χ4v) is 2.62. The maximum absolute atomic E-state index is 12.9.